The van der Waals surface area contributed by atoms with Crippen molar-refractivity contribution in [2.75, 3.05) is 6.54 Å². The average Bonchev–Trinajstić information content (AvgIpc) is 2.04. The molecule has 0 radical (unpaired) electrons. The van der Waals surface area contributed by atoms with E-state index in [0.29, 0.717) is 0 Å². The van der Waals surface area contributed by atoms with Crippen LogP contribution in [0.2, 0.25) is 0 Å². The van der Waals surface area contributed by atoms with Gasteiger partial charge >= 0.3 is 0 Å². The summed E-state index contributed by atoms with van der Waals surface area (Å²) in [7, 11) is 0. The molecule has 2 fully saturated rings. The zero-order valence-corrected chi connectivity index (χ0v) is 10.2. The molecule has 0 bridgehead atoms. The molecule has 1 heterocycles. The van der Waals surface area contributed by atoms with Crippen LogP contribution in [0.25, 0.3) is 0 Å². The Hall–Kier alpha value is -0.0400. The van der Waals surface area contributed by atoms with Gasteiger partial charge in [-0.1, -0.05) is 13.8 Å². The van der Waals surface area contributed by atoms with E-state index in [4.69, 9.17) is 0 Å². The van der Waals surface area contributed by atoms with E-state index in [-0.39, 0.29) is 0 Å². The van der Waals surface area contributed by atoms with Crippen molar-refractivity contribution in [1.82, 2.24) is 4.90 Å². The van der Waals surface area contributed by atoms with Crippen LogP contribution in [0, 0.1) is 17.8 Å². The van der Waals surface area contributed by atoms with E-state index in [0.717, 1.165) is 29.8 Å². The standard InChI is InChI=1S/C13H25N/c1-9(2)11-7-8-14(10(3)4)13-6-5-12(11)13/h9-13H,5-8H2,1-4H3. The lowest BCUT2D eigenvalue weighted by Gasteiger charge is -2.55. The molecule has 14 heavy (non-hydrogen) atoms. The quantitative estimate of drug-likeness (QED) is 0.654. The third-order valence-electron chi connectivity index (χ3n) is 4.51. The maximum atomic E-state index is 2.74. The Morgan fingerprint density at radius 2 is 1.71 bits per heavy atom. The molecule has 1 nitrogen and oxygen atoms in total. The van der Waals surface area contributed by atoms with Crippen LogP contribution in [-0.2, 0) is 0 Å². The smallest absolute Gasteiger partial charge is 0.0129 e. The Kier molecular flexibility index (Phi) is 2.88. The number of piperidine rings is 1. The van der Waals surface area contributed by atoms with Gasteiger partial charge in [0, 0.05) is 12.1 Å². The fraction of sp³-hybridized carbons (Fsp3) is 1.00. The molecule has 1 saturated heterocycles. The molecule has 82 valence electrons. The summed E-state index contributed by atoms with van der Waals surface area (Å²) < 4.78 is 0. The molecule has 1 heteroatoms. The van der Waals surface area contributed by atoms with Gasteiger partial charge in [-0.05, 0) is 57.4 Å². The number of hydrogen-bond acceptors (Lipinski definition) is 1. The van der Waals surface area contributed by atoms with Crippen molar-refractivity contribution in [2.45, 2.75) is 59.0 Å². The van der Waals surface area contributed by atoms with Gasteiger partial charge in [-0.15, -0.1) is 0 Å². The topological polar surface area (TPSA) is 3.24 Å². The van der Waals surface area contributed by atoms with Crippen LogP contribution in [0.3, 0.4) is 0 Å². The van der Waals surface area contributed by atoms with Crippen molar-refractivity contribution in [3.8, 4) is 0 Å². The fourth-order valence-corrected chi connectivity index (χ4v) is 3.57. The van der Waals surface area contributed by atoms with Crippen LogP contribution in [0.5, 0.6) is 0 Å². The van der Waals surface area contributed by atoms with E-state index in [2.05, 4.69) is 32.6 Å². The van der Waals surface area contributed by atoms with Gasteiger partial charge in [-0.3, -0.25) is 4.90 Å². The van der Waals surface area contributed by atoms with Crippen molar-refractivity contribution in [1.29, 1.82) is 0 Å². The number of nitrogens with zero attached hydrogens (tertiary/aromatic N) is 1. The summed E-state index contributed by atoms with van der Waals surface area (Å²) in [5, 5.41) is 0. The predicted octanol–water partition coefficient (Wildman–Crippen LogP) is 3.15. The van der Waals surface area contributed by atoms with Crippen molar-refractivity contribution >= 4 is 0 Å². The highest BCUT2D eigenvalue weighted by molar-refractivity contribution is 4.98. The Labute approximate surface area is 88.9 Å². The SMILES string of the molecule is CC(C)C1CCN(C(C)C)C2CCC12. The first-order chi connectivity index (χ1) is 6.61. The molecular weight excluding hydrogens is 170 g/mol. The van der Waals surface area contributed by atoms with Crippen molar-refractivity contribution in [2.24, 2.45) is 17.8 Å². The Bertz CT molecular complexity index is 175. The highest BCUT2D eigenvalue weighted by Crippen LogP contribution is 2.46. The lowest BCUT2D eigenvalue weighted by molar-refractivity contribution is -0.0510. The number of fused-ring (bicyclic) bond motifs is 1. The molecule has 0 spiro atoms. The minimum absolute atomic E-state index is 0.760. The van der Waals surface area contributed by atoms with Crippen LogP contribution in [0.15, 0.2) is 0 Å². The molecule has 2 rings (SSSR count). The monoisotopic (exact) mass is 195 g/mol. The van der Waals surface area contributed by atoms with Crippen LogP contribution < -0.4 is 0 Å². The first kappa shape index (κ1) is 10.5. The largest absolute Gasteiger partial charge is 0.298 e. The third-order valence-corrected chi connectivity index (χ3v) is 4.51. The Morgan fingerprint density at radius 3 is 2.14 bits per heavy atom. The lowest BCUT2D eigenvalue weighted by atomic mass is 9.63. The van der Waals surface area contributed by atoms with Gasteiger partial charge in [0.15, 0.2) is 0 Å². The van der Waals surface area contributed by atoms with E-state index in [9.17, 15) is 0 Å². The molecule has 3 atom stereocenters. The van der Waals surface area contributed by atoms with Crippen LogP contribution in [0.4, 0.5) is 0 Å². The summed E-state index contributed by atoms with van der Waals surface area (Å²) in [4.78, 5) is 2.74. The van der Waals surface area contributed by atoms with Gasteiger partial charge in [-0.2, -0.15) is 0 Å². The molecule has 3 unspecified atom stereocenters. The Morgan fingerprint density at radius 1 is 1.00 bits per heavy atom. The molecule has 0 aromatic rings. The fourth-order valence-electron chi connectivity index (χ4n) is 3.57. The minimum atomic E-state index is 0.760. The van der Waals surface area contributed by atoms with Gasteiger partial charge in [-0.25, -0.2) is 0 Å². The van der Waals surface area contributed by atoms with Crippen LogP contribution >= 0.6 is 0 Å². The van der Waals surface area contributed by atoms with Gasteiger partial charge in [0.25, 0.3) is 0 Å². The summed E-state index contributed by atoms with van der Waals surface area (Å²) in [6.07, 6.45) is 4.40. The molecule has 0 amide bonds. The highest BCUT2D eigenvalue weighted by atomic mass is 15.2. The second kappa shape index (κ2) is 3.84. The molecule has 0 N–H and O–H groups in total. The minimum Gasteiger partial charge on any atom is -0.298 e. The first-order valence-corrected chi connectivity index (χ1v) is 6.37. The molecule has 1 aliphatic heterocycles. The molecule has 2 aliphatic rings. The van der Waals surface area contributed by atoms with Crippen LogP contribution in [0.1, 0.15) is 47.0 Å². The van der Waals surface area contributed by atoms with E-state index in [1.165, 1.54) is 25.8 Å². The van der Waals surface area contributed by atoms with E-state index >= 15 is 0 Å². The van der Waals surface area contributed by atoms with E-state index in [1.54, 1.807) is 0 Å². The number of likely N-dealkylation sites (tertiary alicyclic amines) is 1. The second-order valence-corrected chi connectivity index (χ2v) is 5.84. The maximum absolute atomic E-state index is 2.74. The molecule has 1 aliphatic carbocycles. The first-order valence-electron chi connectivity index (χ1n) is 6.37. The van der Waals surface area contributed by atoms with Crippen molar-refractivity contribution in [3.05, 3.63) is 0 Å². The summed E-state index contributed by atoms with van der Waals surface area (Å²) in [6, 6.07) is 1.70. The summed E-state index contributed by atoms with van der Waals surface area (Å²) in [5.74, 6) is 2.95. The summed E-state index contributed by atoms with van der Waals surface area (Å²) in [5.41, 5.74) is 0. The average molecular weight is 195 g/mol. The maximum Gasteiger partial charge on any atom is 0.0129 e. The summed E-state index contributed by atoms with van der Waals surface area (Å²) in [6.45, 7) is 10.9. The van der Waals surface area contributed by atoms with E-state index in [1.807, 2.05) is 0 Å². The molecular formula is C13H25N. The second-order valence-electron chi connectivity index (χ2n) is 5.84. The van der Waals surface area contributed by atoms with Gasteiger partial charge in [0.2, 0.25) is 0 Å². The Balaban J connectivity index is 2.01. The van der Waals surface area contributed by atoms with Gasteiger partial charge < -0.3 is 0 Å². The molecule has 0 aromatic carbocycles. The lowest BCUT2D eigenvalue weighted by Crippen LogP contribution is -2.57. The molecule has 1 saturated carbocycles. The highest BCUT2D eigenvalue weighted by Gasteiger charge is 2.45. The van der Waals surface area contributed by atoms with E-state index < -0.39 is 0 Å². The third kappa shape index (κ3) is 1.60. The zero-order valence-electron chi connectivity index (χ0n) is 10.2. The number of hydrogen-bond donors (Lipinski definition) is 0. The van der Waals surface area contributed by atoms with Crippen LogP contribution in [-0.4, -0.2) is 23.5 Å². The van der Waals surface area contributed by atoms with Crippen molar-refractivity contribution < 1.29 is 0 Å². The summed E-state index contributed by atoms with van der Waals surface area (Å²) >= 11 is 0. The zero-order chi connectivity index (χ0) is 10.3. The number of rotatable bonds is 2. The molecule has 0 aromatic heterocycles. The normalized spacial score (nSPS) is 38.6. The predicted molar refractivity (Wildman–Crippen MR) is 61.3 cm³/mol. The van der Waals surface area contributed by atoms with Crippen molar-refractivity contribution in [3.63, 3.8) is 0 Å². The van der Waals surface area contributed by atoms with Gasteiger partial charge in [0.05, 0.1) is 0 Å². The van der Waals surface area contributed by atoms with Gasteiger partial charge in [0.1, 0.15) is 0 Å².